The molecule has 2 N–H and O–H groups in total. The third-order valence-electron chi connectivity index (χ3n) is 3.04. The summed E-state index contributed by atoms with van der Waals surface area (Å²) >= 11 is 1.57. The van der Waals surface area contributed by atoms with Crippen LogP contribution in [0.3, 0.4) is 0 Å². The van der Waals surface area contributed by atoms with Crippen LogP contribution in [-0.2, 0) is 5.75 Å². The minimum absolute atomic E-state index is 0.510. The summed E-state index contributed by atoms with van der Waals surface area (Å²) in [6.45, 7) is 1.89. The van der Waals surface area contributed by atoms with Gasteiger partial charge in [-0.2, -0.15) is 10.1 Å². The molecule has 0 fully saturated rings. The smallest absolute Gasteiger partial charge is 0.240 e. The molecule has 0 spiro atoms. The van der Waals surface area contributed by atoms with E-state index in [1.165, 1.54) is 5.56 Å². The van der Waals surface area contributed by atoms with Gasteiger partial charge in [0.15, 0.2) is 0 Å². The number of benzene rings is 1. The van der Waals surface area contributed by atoms with E-state index >= 15 is 0 Å². The van der Waals surface area contributed by atoms with Gasteiger partial charge >= 0.3 is 0 Å². The molecule has 0 bridgehead atoms. The number of rotatable bonds is 6. The molecule has 2 heterocycles. The van der Waals surface area contributed by atoms with Crippen molar-refractivity contribution in [2.45, 2.75) is 17.8 Å². The van der Waals surface area contributed by atoms with Crippen LogP contribution in [0.15, 0.2) is 65.0 Å². The number of hydrogen-bond donors (Lipinski definition) is 2. The Hall–Kier alpha value is -2.67. The number of aromatic amines is 1. The summed E-state index contributed by atoms with van der Waals surface area (Å²) in [6.07, 6.45) is 1.74. The number of hydrazone groups is 1. The van der Waals surface area contributed by atoms with Crippen LogP contribution in [0.5, 0.6) is 0 Å². The molecule has 116 valence electrons. The molecule has 0 aliphatic carbocycles. The van der Waals surface area contributed by atoms with Gasteiger partial charge in [-0.15, -0.1) is 5.10 Å². The number of anilines is 1. The first-order valence-corrected chi connectivity index (χ1v) is 8.10. The van der Waals surface area contributed by atoms with Gasteiger partial charge in [0, 0.05) is 11.9 Å². The lowest BCUT2D eigenvalue weighted by Gasteiger charge is -1.99. The SMILES string of the molecule is C/C(=N\Nc1nc(SCc2ccccc2)n[nH]1)c1ccccn1. The Bertz CT molecular complexity index is 770. The minimum atomic E-state index is 0.510. The molecule has 0 unspecified atom stereocenters. The summed E-state index contributed by atoms with van der Waals surface area (Å²) in [5, 5.41) is 11.9. The Balaban J connectivity index is 1.57. The average molecular weight is 324 g/mol. The number of nitrogens with zero attached hydrogens (tertiary/aromatic N) is 4. The van der Waals surface area contributed by atoms with Gasteiger partial charge in [0.05, 0.1) is 11.4 Å². The summed E-state index contributed by atoms with van der Waals surface area (Å²) in [5.74, 6) is 1.34. The molecule has 0 radical (unpaired) electrons. The molecule has 3 aromatic rings. The van der Waals surface area contributed by atoms with Crippen LogP contribution in [0.1, 0.15) is 18.2 Å². The second-order valence-corrected chi connectivity index (χ2v) is 5.71. The van der Waals surface area contributed by atoms with Gasteiger partial charge in [-0.25, -0.2) is 10.5 Å². The molecule has 1 aromatic carbocycles. The summed E-state index contributed by atoms with van der Waals surface area (Å²) in [6, 6.07) is 15.9. The fourth-order valence-corrected chi connectivity index (χ4v) is 2.61. The summed E-state index contributed by atoms with van der Waals surface area (Å²) in [5.41, 5.74) is 5.70. The zero-order valence-electron chi connectivity index (χ0n) is 12.6. The van der Waals surface area contributed by atoms with Crippen molar-refractivity contribution >= 4 is 23.4 Å². The zero-order valence-corrected chi connectivity index (χ0v) is 13.4. The summed E-state index contributed by atoms with van der Waals surface area (Å²) < 4.78 is 0. The lowest BCUT2D eigenvalue weighted by atomic mass is 10.2. The van der Waals surface area contributed by atoms with E-state index in [4.69, 9.17) is 0 Å². The van der Waals surface area contributed by atoms with E-state index in [1.54, 1.807) is 18.0 Å². The monoisotopic (exact) mass is 324 g/mol. The van der Waals surface area contributed by atoms with Gasteiger partial charge in [-0.05, 0) is 24.6 Å². The first-order chi connectivity index (χ1) is 11.3. The zero-order chi connectivity index (χ0) is 15.9. The Labute approximate surface area is 138 Å². The standard InChI is InChI=1S/C16H16N6S/c1-12(14-9-5-6-10-17-14)19-20-15-18-16(22-21-15)23-11-13-7-3-2-4-8-13/h2-10H,11H2,1H3,(H2,18,20,21,22)/b19-12+. The van der Waals surface area contributed by atoms with Gasteiger partial charge in [0.25, 0.3) is 0 Å². The molecule has 0 aliphatic heterocycles. The van der Waals surface area contributed by atoms with E-state index in [0.717, 1.165) is 17.2 Å². The Kier molecular flexibility index (Phi) is 5.00. The molecule has 2 aromatic heterocycles. The number of pyridine rings is 1. The van der Waals surface area contributed by atoms with E-state index in [2.05, 4.69) is 42.8 Å². The van der Waals surface area contributed by atoms with Crippen LogP contribution in [0.2, 0.25) is 0 Å². The largest absolute Gasteiger partial charge is 0.255 e. The van der Waals surface area contributed by atoms with Crippen molar-refractivity contribution in [1.29, 1.82) is 0 Å². The number of aromatic nitrogens is 4. The summed E-state index contributed by atoms with van der Waals surface area (Å²) in [4.78, 5) is 8.59. The molecule has 6 nitrogen and oxygen atoms in total. The average Bonchev–Trinajstić information content (AvgIpc) is 3.07. The second-order valence-electron chi connectivity index (χ2n) is 4.76. The molecule has 3 rings (SSSR count). The molecule has 0 aliphatic rings. The van der Waals surface area contributed by atoms with E-state index < -0.39 is 0 Å². The van der Waals surface area contributed by atoms with Crippen molar-refractivity contribution in [3.63, 3.8) is 0 Å². The summed E-state index contributed by atoms with van der Waals surface area (Å²) in [7, 11) is 0. The van der Waals surface area contributed by atoms with Crippen molar-refractivity contribution in [2.24, 2.45) is 5.10 Å². The minimum Gasteiger partial charge on any atom is -0.255 e. The Morgan fingerprint density at radius 2 is 2.00 bits per heavy atom. The molecule has 0 saturated carbocycles. The van der Waals surface area contributed by atoms with Crippen molar-refractivity contribution in [3.8, 4) is 0 Å². The van der Waals surface area contributed by atoms with Crippen LogP contribution in [0.4, 0.5) is 5.95 Å². The van der Waals surface area contributed by atoms with E-state index in [1.807, 2.05) is 43.3 Å². The number of thioether (sulfide) groups is 1. The van der Waals surface area contributed by atoms with Crippen molar-refractivity contribution in [1.82, 2.24) is 20.2 Å². The van der Waals surface area contributed by atoms with Crippen molar-refractivity contribution in [2.75, 3.05) is 5.43 Å². The van der Waals surface area contributed by atoms with Gasteiger partial charge in [0.1, 0.15) is 0 Å². The lowest BCUT2D eigenvalue weighted by Crippen LogP contribution is -2.02. The molecule has 0 amide bonds. The van der Waals surface area contributed by atoms with E-state index in [9.17, 15) is 0 Å². The topological polar surface area (TPSA) is 78.9 Å². The molecule has 23 heavy (non-hydrogen) atoms. The fraction of sp³-hybridized carbons (Fsp3) is 0.125. The van der Waals surface area contributed by atoms with Gasteiger partial charge in [-0.1, -0.05) is 48.2 Å². The maximum atomic E-state index is 4.35. The number of nitrogens with one attached hydrogen (secondary N) is 2. The predicted molar refractivity (Wildman–Crippen MR) is 92.5 cm³/mol. The van der Waals surface area contributed by atoms with Gasteiger partial charge < -0.3 is 0 Å². The predicted octanol–water partition coefficient (Wildman–Crippen LogP) is 3.33. The quantitative estimate of drug-likeness (QED) is 0.413. The molecule has 0 atom stereocenters. The van der Waals surface area contributed by atoms with Crippen LogP contribution >= 0.6 is 11.8 Å². The fourth-order valence-electron chi connectivity index (χ4n) is 1.85. The molecule has 0 saturated heterocycles. The van der Waals surface area contributed by atoms with Crippen LogP contribution in [0, 0.1) is 0 Å². The highest BCUT2D eigenvalue weighted by Gasteiger charge is 2.04. The third kappa shape index (κ3) is 4.40. The highest BCUT2D eigenvalue weighted by atomic mass is 32.2. The number of hydrogen-bond acceptors (Lipinski definition) is 6. The Morgan fingerprint density at radius 3 is 2.78 bits per heavy atom. The first-order valence-electron chi connectivity index (χ1n) is 7.12. The maximum Gasteiger partial charge on any atom is 0.240 e. The highest BCUT2D eigenvalue weighted by Crippen LogP contribution is 2.19. The number of H-pyrrole nitrogens is 1. The normalized spacial score (nSPS) is 11.4. The lowest BCUT2D eigenvalue weighted by molar-refractivity contribution is 0.972. The molecule has 7 heteroatoms. The van der Waals surface area contributed by atoms with E-state index in [-0.39, 0.29) is 0 Å². The first kappa shape index (κ1) is 15.2. The van der Waals surface area contributed by atoms with Gasteiger partial charge in [0.2, 0.25) is 11.1 Å². The van der Waals surface area contributed by atoms with Gasteiger partial charge in [-0.3, -0.25) is 4.98 Å². The Morgan fingerprint density at radius 1 is 1.17 bits per heavy atom. The molecular formula is C16H16N6S. The molecular weight excluding hydrogens is 308 g/mol. The second kappa shape index (κ2) is 7.55. The highest BCUT2D eigenvalue weighted by molar-refractivity contribution is 7.98. The third-order valence-corrected chi connectivity index (χ3v) is 3.96. The van der Waals surface area contributed by atoms with Crippen LogP contribution in [-0.4, -0.2) is 25.9 Å². The van der Waals surface area contributed by atoms with E-state index in [0.29, 0.717) is 11.1 Å². The van der Waals surface area contributed by atoms with Crippen LogP contribution < -0.4 is 5.43 Å². The maximum absolute atomic E-state index is 4.35. The van der Waals surface area contributed by atoms with Crippen molar-refractivity contribution in [3.05, 3.63) is 66.0 Å². The van der Waals surface area contributed by atoms with Crippen molar-refractivity contribution < 1.29 is 0 Å². The van der Waals surface area contributed by atoms with Crippen LogP contribution in [0.25, 0.3) is 0 Å².